The third-order valence-electron chi connectivity index (χ3n) is 3.32. The van der Waals surface area contributed by atoms with Gasteiger partial charge in [-0.2, -0.15) is 10.2 Å². The minimum atomic E-state index is -0.857. The van der Waals surface area contributed by atoms with Crippen molar-refractivity contribution in [1.82, 2.24) is 10.2 Å². The molecule has 0 saturated carbocycles. The van der Waals surface area contributed by atoms with Crippen LogP contribution < -0.4 is 0 Å². The smallest absolute Gasteiger partial charge is 0.218 e. The zero-order valence-corrected chi connectivity index (χ0v) is 12.0. The van der Waals surface area contributed by atoms with Crippen molar-refractivity contribution in [3.63, 3.8) is 0 Å². The van der Waals surface area contributed by atoms with E-state index in [0.29, 0.717) is 23.8 Å². The molecule has 1 atom stereocenters. The Morgan fingerprint density at radius 1 is 1.19 bits per heavy atom. The third-order valence-corrected chi connectivity index (χ3v) is 3.32. The highest BCUT2D eigenvalue weighted by Crippen LogP contribution is 2.26. The summed E-state index contributed by atoms with van der Waals surface area (Å²) in [5, 5.41) is 18.5. The third kappa shape index (κ3) is 2.78. The largest absolute Gasteiger partial charge is 0.475 e. The topological polar surface area (TPSA) is 67.6 Å². The van der Waals surface area contributed by atoms with Crippen LogP contribution in [0.15, 0.2) is 47.6 Å². The Hall–Kier alpha value is -2.27. The second-order valence-electron chi connectivity index (χ2n) is 5.66. The summed E-state index contributed by atoms with van der Waals surface area (Å²) in [5.41, 5.74) is 1.65. The van der Waals surface area contributed by atoms with Crippen molar-refractivity contribution in [2.45, 2.75) is 25.5 Å². The number of rotatable bonds is 3. The Labute approximate surface area is 123 Å². The minimum absolute atomic E-state index is 0.256. The summed E-state index contributed by atoms with van der Waals surface area (Å²) in [6.07, 6.45) is 0.721. The highest BCUT2D eigenvalue weighted by molar-refractivity contribution is 5.96. The zero-order valence-electron chi connectivity index (χ0n) is 12.0. The average Bonchev–Trinajstić information content (AvgIpc) is 2.87. The highest BCUT2D eigenvalue weighted by atomic mass is 16.5. The molecule has 0 amide bonds. The van der Waals surface area contributed by atoms with E-state index in [4.69, 9.17) is 4.74 Å². The molecule has 5 nitrogen and oxygen atoms in total. The fourth-order valence-electron chi connectivity index (χ4n) is 2.24. The molecule has 5 heteroatoms. The molecule has 21 heavy (non-hydrogen) atoms. The van der Waals surface area contributed by atoms with E-state index < -0.39 is 6.10 Å². The molecule has 1 aliphatic heterocycles. The quantitative estimate of drug-likeness (QED) is 0.937. The second-order valence-corrected chi connectivity index (χ2v) is 5.66. The van der Waals surface area contributed by atoms with Crippen LogP contribution >= 0.6 is 0 Å². The van der Waals surface area contributed by atoms with Crippen LogP contribution in [0.5, 0.6) is 0 Å². The number of ether oxygens (including phenoxy) is 1. The van der Waals surface area contributed by atoms with Gasteiger partial charge in [-0.05, 0) is 25.5 Å². The first-order valence-electron chi connectivity index (χ1n) is 6.84. The van der Waals surface area contributed by atoms with Crippen LogP contribution in [-0.4, -0.2) is 33.3 Å². The summed E-state index contributed by atoms with van der Waals surface area (Å²) in [6, 6.07) is 11.1. The lowest BCUT2D eigenvalue weighted by Gasteiger charge is -2.13. The van der Waals surface area contributed by atoms with Crippen LogP contribution in [0.25, 0.3) is 0 Å². The maximum absolute atomic E-state index is 10.6. The standard InChI is InChI=1S/C16H17N3O2/c1-16(2)10-21-15(18-16)12-8-9-17-19-13(12)14(20)11-6-4-3-5-7-11/h3-9,14,20H,10H2,1-2H3. The zero-order chi connectivity index (χ0) is 14.9. The lowest BCUT2D eigenvalue weighted by Crippen LogP contribution is -2.17. The first-order chi connectivity index (χ1) is 10.1. The molecule has 1 unspecified atom stereocenters. The highest BCUT2D eigenvalue weighted by Gasteiger charge is 2.30. The Morgan fingerprint density at radius 3 is 2.62 bits per heavy atom. The van der Waals surface area contributed by atoms with Crippen molar-refractivity contribution < 1.29 is 9.84 Å². The van der Waals surface area contributed by atoms with Gasteiger partial charge in [-0.3, -0.25) is 0 Å². The van der Waals surface area contributed by atoms with Gasteiger partial charge in [0.15, 0.2) is 0 Å². The molecule has 0 fully saturated rings. The molecule has 0 radical (unpaired) electrons. The van der Waals surface area contributed by atoms with Crippen LogP contribution in [0.3, 0.4) is 0 Å². The molecule has 3 rings (SSSR count). The van der Waals surface area contributed by atoms with E-state index in [9.17, 15) is 5.11 Å². The Balaban J connectivity index is 2.01. The van der Waals surface area contributed by atoms with Crippen LogP contribution in [0.4, 0.5) is 0 Å². The van der Waals surface area contributed by atoms with E-state index in [1.165, 1.54) is 0 Å². The van der Waals surface area contributed by atoms with Gasteiger partial charge in [0, 0.05) is 0 Å². The van der Waals surface area contributed by atoms with Crippen molar-refractivity contribution in [2.75, 3.05) is 6.61 Å². The van der Waals surface area contributed by atoms with Gasteiger partial charge in [0.05, 0.1) is 17.3 Å². The summed E-state index contributed by atoms with van der Waals surface area (Å²) in [4.78, 5) is 4.54. The van der Waals surface area contributed by atoms with Gasteiger partial charge >= 0.3 is 0 Å². The van der Waals surface area contributed by atoms with Gasteiger partial charge < -0.3 is 9.84 Å². The van der Waals surface area contributed by atoms with E-state index in [0.717, 1.165) is 5.56 Å². The Bertz CT molecular complexity index is 668. The van der Waals surface area contributed by atoms with E-state index in [2.05, 4.69) is 15.2 Å². The maximum Gasteiger partial charge on any atom is 0.218 e. The molecule has 2 heterocycles. The molecule has 0 aliphatic carbocycles. The molecule has 0 spiro atoms. The van der Waals surface area contributed by atoms with Crippen LogP contribution in [0.2, 0.25) is 0 Å². The Morgan fingerprint density at radius 2 is 1.95 bits per heavy atom. The van der Waals surface area contributed by atoms with Crippen LogP contribution in [-0.2, 0) is 4.74 Å². The predicted octanol–water partition coefficient (Wildman–Crippen LogP) is 2.11. The van der Waals surface area contributed by atoms with E-state index in [1.54, 1.807) is 12.3 Å². The molecule has 0 saturated heterocycles. The van der Waals surface area contributed by atoms with Gasteiger partial charge in [0.2, 0.25) is 5.90 Å². The number of aliphatic hydroxyl groups excluding tert-OH is 1. The predicted molar refractivity (Wildman–Crippen MR) is 79.1 cm³/mol. The normalized spacial score (nSPS) is 18.0. The lowest BCUT2D eigenvalue weighted by molar-refractivity contribution is 0.213. The number of nitrogens with zero attached hydrogens (tertiary/aromatic N) is 3. The summed E-state index contributed by atoms with van der Waals surface area (Å²) < 4.78 is 5.65. The number of hydrogen-bond acceptors (Lipinski definition) is 5. The number of aliphatic hydroxyl groups is 1. The first kappa shape index (κ1) is 13.7. The molecule has 1 aliphatic rings. The van der Waals surface area contributed by atoms with Crippen LogP contribution in [0.1, 0.15) is 36.8 Å². The van der Waals surface area contributed by atoms with Crippen molar-refractivity contribution in [3.8, 4) is 0 Å². The molecule has 1 aromatic heterocycles. The SMILES string of the molecule is CC1(C)COC(c2ccnnc2C(O)c2ccccc2)=N1. The summed E-state index contributed by atoms with van der Waals surface area (Å²) >= 11 is 0. The lowest BCUT2D eigenvalue weighted by atomic mass is 10.0. The number of benzene rings is 1. The van der Waals surface area contributed by atoms with Gasteiger partial charge in [0.25, 0.3) is 0 Å². The maximum atomic E-state index is 10.6. The molecular formula is C16H17N3O2. The summed E-state index contributed by atoms with van der Waals surface area (Å²) in [6.45, 7) is 4.52. The van der Waals surface area contributed by atoms with Gasteiger partial charge in [0.1, 0.15) is 18.4 Å². The van der Waals surface area contributed by atoms with Crippen molar-refractivity contribution >= 4 is 5.90 Å². The Kier molecular flexibility index (Phi) is 3.43. The molecule has 1 N–H and O–H groups in total. The van der Waals surface area contributed by atoms with Gasteiger partial charge in [-0.25, -0.2) is 4.99 Å². The fraction of sp³-hybridized carbons (Fsp3) is 0.312. The minimum Gasteiger partial charge on any atom is -0.475 e. The molecule has 0 bridgehead atoms. The number of hydrogen-bond donors (Lipinski definition) is 1. The van der Waals surface area contributed by atoms with Gasteiger partial charge in [-0.15, -0.1) is 0 Å². The van der Waals surface area contributed by atoms with E-state index >= 15 is 0 Å². The fourth-order valence-corrected chi connectivity index (χ4v) is 2.24. The number of aromatic nitrogens is 2. The van der Waals surface area contributed by atoms with Crippen molar-refractivity contribution in [1.29, 1.82) is 0 Å². The molecular weight excluding hydrogens is 266 g/mol. The summed E-state index contributed by atoms with van der Waals surface area (Å²) in [7, 11) is 0. The van der Waals surface area contributed by atoms with Crippen LogP contribution in [0, 0.1) is 0 Å². The second kappa shape index (κ2) is 5.26. The molecule has 108 valence electrons. The number of aliphatic imine (C=N–C) groups is 1. The monoisotopic (exact) mass is 283 g/mol. The first-order valence-corrected chi connectivity index (χ1v) is 6.84. The molecule has 2 aromatic rings. The van der Waals surface area contributed by atoms with Gasteiger partial charge in [-0.1, -0.05) is 30.3 Å². The van der Waals surface area contributed by atoms with Crippen molar-refractivity contribution in [2.24, 2.45) is 4.99 Å². The summed E-state index contributed by atoms with van der Waals surface area (Å²) in [5.74, 6) is 0.514. The van der Waals surface area contributed by atoms with Crippen molar-refractivity contribution in [3.05, 3.63) is 59.4 Å². The molecule has 1 aromatic carbocycles. The van der Waals surface area contributed by atoms with E-state index in [-0.39, 0.29) is 5.54 Å². The van der Waals surface area contributed by atoms with E-state index in [1.807, 2.05) is 44.2 Å². The average molecular weight is 283 g/mol.